The summed E-state index contributed by atoms with van der Waals surface area (Å²) in [6.07, 6.45) is 0.973. The van der Waals surface area contributed by atoms with E-state index in [0.29, 0.717) is 60.1 Å². The number of aromatic nitrogens is 2. The van der Waals surface area contributed by atoms with Gasteiger partial charge in [-0.2, -0.15) is 8.75 Å². The molecule has 0 spiro atoms. The summed E-state index contributed by atoms with van der Waals surface area (Å²) in [4.78, 5) is 49.1. The number of hydrogen-bond donors (Lipinski definition) is 6. The second-order valence-corrected chi connectivity index (χ2v) is 20.3. The zero-order chi connectivity index (χ0) is 52.0. The Morgan fingerprint density at radius 3 is 1.73 bits per heavy atom. The van der Waals surface area contributed by atoms with Crippen LogP contribution in [0.5, 0.6) is 11.5 Å². The van der Waals surface area contributed by atoms with Gasteiger partial charge in [0.15, 0.2) is 5.96 Å². The molecule has 6 aromatic rings. The van der Waals surface area contributed by atoms with Crippen molar-refractivity contribution in [2.24, 2.45) is 15.7 Å². The van der Waals surface area contributed by atoms with Gasteiger partial charge in [-0.1, -0.05) is 42.0 Å². The van der Waals surface area contributed by atoms with Crippen LogP contribution in [0.3, 0.4) is 0 Å². The molecule has 6 rings (SSSR count). The predicted octanol–water partition coefficient (Wildman–Crippen LogP) is 10.5. The van der Waals surface area contributed by atoms with Crippen molar-refractivity contribution in [1.82, 2.24) is 24.7 Å². The van der Waals surface area contributed by atoms with Gasteiger partial charge in [0.1, 0.15) is 17.1 Å². The number of aryl methyl sites for hydroxylation is 2. The van der Waals surface area contributed by atoms with Crippen LogP contribution in [0.1, 0.15) is 87.7 Å². The second-order valence-electron chi connectivity index (χ2n) is 16.3. The maximum Gasteiger partial charge on any atom is 0.414 e. The maximum absolute atomic E-state index is 13.4. The van der Waals surface area contributed by atoms with Gasteiger partial charge in [0.25, 0.3) is 11.8 Å². The van der Waals surface area contributed by atoms with E-state index >= 15 is 0 Å². The van der Waals surface area contributed by atoms with Crippen molar-refractivity contribution in [2.45, 2.75) is 73.1 Å². The van der Waals surface area contributed by atoms with E-state index in [1.165, 1.54) is 23.1 Å². The molecule has 372 valence electrons. The summed E-state index contributed by atoms with van der Waals surface area (Å²) in [6, 6.07) is 21.6. The molecular formula is C50H53Cl2IN10O6S2. The number of hydrogen-bond acceptors (Lipinski definition) is 14. The zero-order valence-corrected chi connectivity index (χ0v) is 45.5. The van der Waals surface area contributed by atoms with E-state index in [4.69, 9.17) is 54.6 Å². The minimum absolute atomic E-state index is 0.0113. The summed E-state index contributed by atoms with van der Waals surface area (Å²) in [5, 5.41) is 8.69. The first-order valence-electron chi connectivity index (χ1n) is 21.7. The Labute approximate surface area is 444 Å². The van der Waals surface area contributed by atoms with Crippen LogP contribution in [0.25, 0.3) is 22.5 Å². The van der Waals surface area contributed by atoms with E-state index in [2.05, 4.69) is 76.0 Å². The van der Waals surface area contributed by atoms with Gasteiger partial charge in [0.2, 0.25) is 5.96 Å². The quantitative estimate of drug-likeness (QED) is 0.0234. The van der Waals surface area contributed by atoms with E-state index in [-0.39, 0.29) is 30.9 Å². The Balaban J connectivity index is 0.000000265. The zero-order valence-electron chi connectivity index (χ0n) is 40.2. The highest BCUT2D eigenvalue weighted by Gasteiger charge is 2.24. The van der Waals surface area contributed by atoms with Crippen LogP contribution in [0, 0.1) is 29.3 Å². The molecule has 0 aliphatic carbocycles. The number of nitrogens with zero attached hydrogens (tertiary/aromatic N) is 4. The molecule has 21 heteroatoms. The van der Waals surface area contributed by atoms with Crippen LogP contribution in [0.15, 0.2) is 82.8 Å². The lowest BCUT2D eigenvalue weighted by Gasteiger charge is -2.20. The molecule has 71 heavy (non-hydrogen) atoms. The van der Waals surface area contributed by atoms with Crippen LogP contribution in [-0.4, -0.2) is 58.4 Å². The van der Waals surface area contributed by atoms with Gasteiger partial charge in [-0.05, 0) is 171 Å². The molecule has 0 radical (unpaired) electrons. The van der Waals surface area contributed by atoms with E-state index in [1.807, 2.05) is 55.5 Å². The Morgan fingerprint density at radius 1 is 0.746 bits per heavy atom. The SMILES string of the molecule is CCCC#Cc1cc(CN=C(N)NC(=O)c2c(-c3ccc(OC)cc3)nsc2C)cc(Cl)c1N.COc1ccc(-c2nsc(C)c2C(=O)NC(=NCc2cc(Cl)c(N)c(I)c2)NC(=O)OC(C)(C)C)cc1. The topological polar surface area (TPSA) is 244 Å². The Kier molecular flexibility index (Phi) is 20.0. The number of carbonyl (C=O) groups excluding carboxylic acids is 3. The number of nitrogens with one attached hydrogen (secondary N) is 3. The van der Waals surface area contributed by atoms with Crippen LogP contribution in [0.4, 0.5) is 16.2 Å². The third-order valence-corrected chi connectivity index (χ3v) is 12.8. The molecule has 4 aromatic carbocycles. The number of unbranched alkanes of at least 4 members (excludes halogenated alkanes) is 1. The molecule has 2 heterocycles. The van der Waals surface area contributed by atoms with Crippen molar-refractivity contribution < 1.29 is 28.6 Å². The standard InChI is InChI=1S/C25H27ClIN5O4S.C25H26ClN5O2S/c1-13-19(21(32-37-13)15-6-8-16(35-5)9-7-15)22(33)30-23(31-24(34)36-25(2,3)4)29-12-14-10-17(26)20(28)18(27)11-14;1-4-5-6-7-18-12-16(13-20(26)22(18)27)14-29-25(28)30-24(32)21-15(2)34-31-23(21)17-8-10-19(33-3)11-9-17/h6-11H,12,28H2,1-5H3,(H2,29,30,31,33,34);8-13H,4-5,14,27H2,1-3H3,(H3,28,29,30,32). The molecule has 0 unspecified atom stereocenters. The van der Waals surface area contributed by atoms with Crippen LogP contribution >= 0.6 is 68.9 Å². The van der Waals surface area contributed by atoms with Crippen molar-refractivity contribution in [3.05, 3.63) is 124 Å². The van der Waals surface area contributed by atoms with Crippen molar-refractivity contribution in [2.75, 3.05) is 25.7 Å². The predicted molar refractivity (Wildman–Crippen MR) is 295 cm³/mol. The summed E-state index contributed by atoms with van der Waals surface area (Å²) in [6.45, 7) is 11.2. The Hall–Kier alpha value is -6.44. The number of amides is 3. The van der Waals surface area contributed by atoms with Gasteiger partial charge < -0.3 is 31.4 Å². The van der Waals surface area contributed by atoms with Crippen molar-refractivity contribution in [1.29, 1.82) is 0 Å². The number of methoxy groups -OCH3 is 2. The van der Waals surface area contributed by atoms with Crippen molar-refractivity contribution in [3.63, 3.8) is 0 Å². The molecule has 0 saturated heterocycles. The largest absolute Gasteiger partial charge is 0.497 e. The average Bonchev–Trinajstić information content (AvgIpc) is 3.92. The fraction of sp³-hybridized carbons (Fsp3) is 0.260. The first kappa shape index (κ1) is 55.5. The summed E-state index contributed by atoms with van der Waals surface area (Å²) in [5.41, 5.74) is 23.8. The van der Waals surface area contributed by atoms with E-state index in [9.17, 15) is 14.4 Å². The number of halogens is 3. The normalized spacial score (nSPS) is 11.4. The monoisotopic (exact) mass is 1150 g/mol. The fourth-order valence-electron chi connectivity index (χ4n) is 6.30. The molecule has 0 bridgehead atoms. The molecule has 2 aromatic heterocycles. The van der Waals surface area contributed by atoms with Crippen molar-refractivity contribution >= 4 is 110 Å². The van der Waals surface area contributed by atoms with Crippen LogP contribution in [-0.2, 0) is 17.8 Å². The lowest BCUT2D eigenvalue weighted by atomic mass is 10.1. The summed E-state index contributed by atoms with van der Waals surface area (Å²) < 4.78 is 25.4. The number of alkyl carbamates (subject to hydrolysis) is 1. The summed E-state index contributed by atoms with van der Waals surface area (Å²) in [5.74, 6) is 6.59. The van der Waals surface area contributed by atoms with Crippen LogP contribution in [0.2, 0.25) is 10.0 Å². The lowest BCUT2D eigenvalue weighted by molar-refractivity contribution is 0.0561. The number of carbonyl (C=O) groups is 3. The molecular weight excluding hydrogens is 1100 g/mol. The molecule has 3 amide bonds. The Bertz CT molecular complexity index is 2990. The van der Waals surface area contributed by atoms with E-state index < -0.39 is 17.6 Å². The van der Waals surface area contributed by atoms with Gasteiger partial charge in [-0.25, -0.2) is 14.8 Å². The summed E-state index contributed by atoms with van der Waals surface area (Å²) in [7, 11) is 3.18. The number of nitrogens with two attached hydrogens (primary N) is 3. The van der Waals surface area contributed by atoms with Crippen molar-refractivity contribution in [3.8, 4) is 45.9 Å². The third kappa shape index (κ3) is 15.8. The van der Waals surface area contributed by atoms with Gasteiger partial charge in [-0.15, -0.1) is 0 Å². The average molecular weight is 1150 g/mol. The molecule has 0 aliphatic heterocycles. The lowest BCUT2D eigenvalue weighted by Crippen LogP contribution is -2.46. The van der Waals surface area contributed by atoms with E-state index in [0.717, 1.165) is 49.3 Å². The number of aliphatic imine (C=N–C) groups is 2. The fourth-order valence-corrected chi connectivity index (χ4v) is 9.04. The highest BCUT2D eigenvalue weighted by molar-refractivity contribution is 14.1. The number of ether oxygens (including phenoxy) is 3. The first-order valence-corrected chi connectivity index (χ1v) is 25.1. The van der Waals surface area contributed by atoms with Crippen LogP contribution < -0.4 is 42.6 Å². The molecule has 0 aliphatic rings. The van der Waals surface area contributed by atoms with Gasteiger partial charge in [-0.3, -0.25) is 25.5 Å². The second kappa shape index (κ2) is 25.6. The third-order valence-electron chi connectivity index (χ3n) is 9.78. The highest BCUT2D eigenvalue weighted by Crippen LogP contribution is 2.32. The molecule has 16 nitrogen and oxygen atoms in total. The minimum Gasteiger partial charge on any atom is -0.497 e. The molecule has 0 saturated carbocycles. The number of nitrogen functional groups attached to an aromatic ring is 2. The first-order chi connectivity index (χ1) is 33.7. The number of guanidine groups is 2. The van der Waals surface area contributed by atoms with E-state index in [1.54, 1.807) is 66.2 Å². The van der Waals surface area contributed by atoms with Gasteiger partial charge >= 0.3 is 6.09 Å². The maximum atomic E-state index is 13.4. The molecule has 0 fully saturated rings. The number of anilines is 2. The van der Waals surface area contributed by atoms with Gasteiger partial charge in [0.05, 0.1) is 71.2 Å². The number of benzene rings is 4. The smallest absolute Gasteiger partial charge is 0.414 e. The Morgan fingerprint density at radius 2 is 1.24 bits per heavy atom. The van der Waals surface area contributed by atoms with Gasteiger partial charge in [0, 0.05) is 36.4 Å². The molecule has 0 atom stereocenters. The summed E-state index contributed by atoms with van der Waals surface area (Å²) >= 11 is 17.0. The highest BCUT2D eigenvalue weighted by atomic mass is 127. The number of rotatable bonds is 11. The molecule has 9 N–H and O–H groups in total. The minimum atomic E-state index is -0.757.